The normalized spacial score (nSPS) is 12.5. The maximum Gasteiger partial charge on any atom is 0.416 e. The molecule has 0 fully saturated rings. The van der Waals surface area contributed by atoms with Crippen molar-refractivity contribution in [1.29, 1.82) is 0 Å². The first-order valence-electron chi connectivity index (χ1n) is 8.31. The lowest BCUT2D eigenvalue weighted by Gasteiger charge is -2.07. The van der Waals surface area contributed by atoms with Crippen molar-refractivity contribution in [2.75, 3.05) is 0 Å². The van der Waals surface area contributed by atoms with Gasteiger partial charge >= 0.3 is 6.18 Å². The number of benzene rings is 3. The quantitative estimate of drug-likeness (QED) is 0.406. The number of rotatable bonds is 2. The monoisotopic (exact) mass is 365 g/mol. The van der Waals surface area contributed by atoms with Crippen molar-refractivity contribution in [3.05, 3.63) is 95.8 Å². The number of fused-ring (bicyclic) bond motifs is 1. The van der Waals surface area contributed by atoms with Crippen LogP contribution in [0.25, 0.3) is 22.3 Å². The third-order valence-corrected chi connectivity index (χ3v) is 4.13. The van der Waals surface area contributed by atoms with E-state index in [1.54, 1.807) is 12.1 Å². The smallest absolute Gasteiger partial charge is 0.416 e. The summed E-state index contributed by atoms with van der Waals surface area (Å²) in [7, 11) is 0. The minimum Gasteiger partial charge on any atom is -0.456 e. The number of hydrogen-bond donors (Lipinski definition) is 0. The molecule has 0 atom stereocenters. The van der Waals surface area contributed by atoms with Gasteiger partial charge in [0.05, 0.1) is 16.6 Å². The van der Waals surface area contributed by atoms with Gasteiger partial charge in [0.2, 0.25) is 0 Å². The molecule has 0 aliphatic rings. The molecule has 2 nitrogen and oxygen atoms in total. The van der Waals surface area contributed by atoms with E-state index in [0.717, 1.165) is 23.1 Å². The number of halogens is 3. The molecule has 0 saturated carbocycles. The van der Waals surface area contributed by atoms with E-state index in [1.807, 2.05) is 54.6 Å². The molecule has 5 heteroatoms. The molecule has 134 valence electrons. The summed E-state index contributed by atoms with van der Waals surface area (Å²) in [4.78, 5) is 4.47. The molecule has 0 unspecified atom stereocenters. The zero-order chi connectivity index (χ0) is 18.9. The van der Waals surface area contributed by atoms with Crippen LogP contribution in [0.5, 0.6) is 0 Å². The van der Waals surface area contributed by atoms with Gasteiger partial charge in [-0.2, -0.15) is 13.2 Å². The Morgan fingerprint density at radius 2 is 1.48 bits per heavy atom. The molecule has 0 saturated heterocycles. The first-order chi connectivity index (χ1) is 13.0. The van der Waals surface area contributed by atoms with Gasteiger partial charge in [0.15, 0.2) is 0 Å². The minimum absolute atomic E-state index is 0.236. The van der Waals surface area contributed by atoms with Crippen molar-refractivity contribution in [3.8, 4) is 11.3 Å². The highest BCUT2D eigenvalue weighted by Crippen LogP contribution is 2.31. The summed E-state index contributed by atoms with van der Waals surface area (Å²) < 4.78 is 44.9. The standard InChI is InChI=1S/C22H14F3NO/c23-22(24,25)16-9-6-10-17(13-16)26-19-14-21(15-7-2-1-3-8-15)27-20-12-5-4-11-18(19)20/h1-14H. The molecule has 0 amide bonds. The summed E-state index contributed by atoms with van der Waals surface area (Å²) in [5.74, 6) is 0.597. The second-order valence-electron chi connectivity index (χ2n) is 6.02. The Labute approximate surface area is 153 Å². The fraction of sp³-hybridized carbons (Fsp3) is 0.0455. The zero-order valence-corrected chi connectivity index (χ0v) is 14.1. The van der Waals surface area contributed by atoms with Gasteiger partial charge in [-0.05, 0) is 30.3 Å². The Bertz CT molecular complexity index is 1160. The molecule has 0 aliphatic heterocycles. The van der Waals surface area contributed by atoms with Crippen LogP contribution in [-0.4, -0.2) is 0 Å². The SMILES string of the molecule is FC(F)(F)c1cccc(N=c2cc(-c3ccccc3)oc3ccccc23)c1. The first kappa shape index (κ1) is 17.1. The highest BCUT2D eigenvalue weighted by atomic mass is 19.4. The summed E-state index contributed by atoms with van der Waals surface area (Å²) in [5, 5.41) is 1.28. The maximum atomic E-state index is 13.0. The lowest BCUT2D eigenvalue weighted by Crippen LogP contribution is -2.05. The molecule has 4 rings (SSSR count). The molecule has 0 aliphatic carbocycles. The van der Waals surface area contributed by atoms with Gasteiger partial charge in [-0.1, -0.05) is 48.5 Å². The zero-order valence-electron chi connectivity index (χ0n) is 14.1. The van der Waals surface area contributed by atoms with Crippen molar-refractivity contribution in [1.82, 2.24) is 0 Å². The molecule has 0 spiro atoms. The highest BCUT2D eigenvalue weighted by molar-refractivity contribution is 5.78. The molecule has 1 heterocycles. The topological polar surface area (TPSA) is 25.5 Å². The average molecular weight is 365 g/mol. The molecule has 0 bridgehead atoms. The van der Waals surface area contributed by atoms with Crippen molar-refractivity contribution in [2.24, 2.45) is 4.99 Å². The van der Waals surface area contributed by atoms with Crippen LogP contribution in [0, 0.1) is 0 Å². The van der Waals surface area contributed by atoms with E-state index in [-0.39, 0.29) is 5.69 Å². The van der Waals surface area contributed by atoms with Gasteiger partial charge in [-0.15, -0.1) is 0 Å². The van der Waals surface area contributed by atoms with E-state index in [0.29, 0.717) is 16.7 Å². The fourth-order valence-electron chi connectivity index (χ4n) is 2.85. The van der Waals surface area contributed by atoms with E-state index in [9.17, 15) is 13.2 Å². The molecular formula is C22H14F3NO. The lowest BCUT2D eigenvalue weighted by atomic mass is 10.1. The van der Waals surface area contributed by atoms with Crippen molar-refractivity contribution in [3.63, 3.8) is 0 Å². The molecule has 3 aromatic carbocycles. The van der Waals surface area contributed by atoms with Crippen molar-refractivity contribution >= 4 is 16.7 Å². The highest BCUT2D eigenvalue weighted by Gasteiger charge is 2.30. The maximum absolute atomic E-state index is 13.0. The van der Waals surface area contributed by atoms with Crippen molar-refractivity contribution in [2.45, 2.75) is 6.18 Å². The van der Waals surface area contributed by atoms with Crippen LogP contribution in [0.1, 0.15) is 5.56 Å². The molecule has 4 aromatic rings. The third kappa shape index (κ3) is 3.62. The first-order valence-corrected chi connectivity index (χ1v) is 8.31. The number of para-hydroxylation sites is 1. The number of alkyl halides is 3. The predicted molar refractivity (Wildman–Crippen MR) is 98.3 cm³/mol. The van der Waals surface area contributed by atoms with Gasteiger partial charge in [0.1, 0.15) is 11.3 Å². The summed E-state index contributed by atoms with van der Waals surface area (Å²) in [6, 6.07) is 23.6. The largest absolute Gasteiger partial charge is 0.456 e. The molecule has 1 aromatic heterocycles. The Hall–Kier alpha value is -3.34. The van der Waals surface area contributed by atoms with Crippen LogP contribution in [0.15, 0.2) is 94.3 Å². The van der Waals surface area contributed by atoms with E-state index in [2.05, 4.69) is 4.99 Å². The minimum atomic E-state index is -4.41. The summed E-state index contributed by atoms with van der Waals surface area (Å²) in [6.45, 7) is 0. The lowest BCUT2D eigenvalue weighted by molar-refractivity contribution is -0.137. The fourth-order valence-corrected chi connectivity index (χ4v) is 2.85. The third-order valence-electron chi connectivity index (χ3n) is 4.13. The Morgan fingerprint density at radius 1 is 0.741 bits per heavy atom. The molecule has 0 N–H and O–H groups in total. The van der Waals surface area contributed by atoms with E-state index in [1.165, 1.54) is 6.07 Å². The van der Waals surface area contributed by atoms with Crippen LogP contribution >= 0.6 is 0 Å². The second-order valence-corrected chi connectivity index (χ2v) is 6.02. The summed E-state index contributed by atoms with van der Waals surface area (Å²) >= 11 is 0. The van der Waals surface area contributed by atoms with E-state index < -0.39 is 11.7 Å². The van der Waals surface area contributed by atoms with Crippen LogP contribution in [0.4, 0.5) is 18.9 Å². The van der Waals surface area contributed by atoms with Gasteiger partial charge in [-0.3, -0.25) is 0 Å². The van der Waals surface area contributed by atoms with E-state index in [4.69, 9.17) is 4.42 Å². The van der Waals surface area contributed by atoms with Gasteiger partial charge in [0.25, 0.3) is 0 Å². The summed E-state index contributed by atoms with van der Waals surface area (Å²) in [5.41, 5.74) is 0.991. The molecular weight excluding hydrogens is 351 g/mol. The predicted octanol–water partition coefficient (Wildman–Crippen LogP) is 6.35. The molecule has 0 radical (unpaired) electrons. The Kier molecular flexibility index (Phi) is 4.28. The number of nitrogens with zero attached hydrogens (tertiary/aromatic N) is 1. The van der Waals surface area contributed by atoms with Crippen LogP contribution in [0.2, 0.25) is 0 Å². The van der Waals surface area contributed by atoms with Gasteiger partial charge < -0.3 is 4.42 Å². The Morgan fingerprint density at radius 3 is 2.26 bits per heavy atom. The van der Waals surface area contributed by atoms with Crippen LogP contribution in [0.3, 0.4) is 0 Å². The van der Waals surface area contributed by atoms with Gasteiger partial charge in [-0.25, -0.2) is 4.99 Å². The number of hydrogen-bond acceptors (Lipinski definition) is 2. The Balaban J connectivity index is 1.94. The second kappa shape index (κ2) is 6.76. The van der Waals surface area contributed by atoms with Crippen molar-refractivity contribution < 1.29 is 17.6 Å². The molecule has 27 heavy (non-hydrogen) atoms. The average Bonchev–Trinajstić information content (AvgIpc) is 2.68. The van der Waals surface area contributed by atoms with Crippen LogP contribution < -0.4 is 5.36 Å². The summed E-state index contributed by atoms with van der Waals surface area (Å²) in [6.07, 6.45) is -4.41. The van der Waals surface area contributed by atoms with Gasteiger partial charge in [0, 0.05) is 17.0 Å². The van der Waals surface area contributed by atoms with E-state index >= 15 is 0 Å². The van der Waals surface area contributed by atoms with Crippen LogP contribution in [-0.2, 0) is 6.18 Å².